The Labute approximate surface area is 134 Å². The summed E-state index contributed by atoms with van der Waals surface area (Å²) in [5.74, 6) is -0.193. The molecule has 0 aliphatic rings. The third kappa shape index (κ3) is 3.48. The zero-order valence-corrected chi connectivity index (χ0v) is 13.2. The minimum atomic E-state index is -0.193. The van der Waals surface area contributed by atoms with Gasteiger partial charge in [0.2, 0.25) is 0 Å². The SMILES string of the molecule is CCn1ccc(CNC(=O)c2cc(-c3ccc(C)cc3)n[nH]2)n1. The topological polar surface area (TPSA) is 75.6 Å². The highest BCUT2D eigenvalue weighted by molar-refractivity contribution is 5.93. The second kappa shape index (κ2) is 6.48. The maximum Gasteiger partial charge on any atom is 0.269 e. The zero-order chi connectivity index (χ0) is 16.2. The molecule has 6 heteroatoms. The molecule has 3 rings (SSSR count). The number of aryl methyl sites for hydroxylation is 2. The number of carbonyl (C=O) groups is 1. The monoisotopic (exact) mass is 309 g/mol. The Morgan fingerprint density at radius 1 is 1.26 bits per heavy atom. The molecule has 0 saturated heterocycles. The van der Waals surface area contributed by atoms with Gasteiger partial charge in [-0.15, -0.1) is 0 Å². The van der Waals surface area contributed by atoms with Gasteiger partial charge in [0.25, 0.3) is 5.91 Å². The van der Waals surface area contributed by atoms with E-state index in [2.05, 4.69) is 20.6 Å². The fraction of sp³-hybridized carbons (Fsp3) is 0.235. The molecule has 0 aliphatic carbocycles. The van der Waals surface area contributed by atoms with E-state index >= 15 is 0 Å². The van der Waals surface area contributed by atoms with Gasteiger partial charge in [0.15, 0.2) is 0 Å². The van der Waals surface area contributed by atoms with Gasteiger partial charge in [0, 0.05) is 18.3 Å². The van der Waals surface area contributed by atoms with Crippen molar-refractivity contribution < 1.29 is 4.79 Å². The molecule has 1 amide bonds. The highest BCUT2D eigenvalue weighted by Crippen LogP contribution is 2.18. The minimum Gasteiger partial charge on any atom is -0.345 e. The molecule has 2 aromatic heterocycles. The van der Waals surface area contributed by atoms with Gasteiger partial charge in [-0.05, 0) is 26.0 Å². The summed E-state index contributed by atoms with van der Waals surface area (Å²) in [6, 6.07) is 11.7. The third-order valence-electron chi connectivity index (χ3n) is 3.62. The summed E-state index contributed by atoms with van der Waals surface area (Å²) in [5.41, 5.74) is 4.20. The van der Waals surface area contributed by atoms with Crippen LogP contribution in [0, 0.1) is 6.92 Å². The number of nitrogens with zero attached hydrogens (tertiary/aromatic N) is 3. The Morgan fingerprint density at radius 2 is 2.04 bits per heavy atom. The third-order valence-corrected chi connectivity index (χ3v) is 3.62. The number of aromatic nitrogens is 4. The average molecular weight is 309 g/mol. The Balaban J connectivity index is 1.65. The molecule has 6 nitrogen and oxygen atoms in total. The van der Waals surface area contributed by atoms with Crippen molar-refractivity contribution in [2.45, 2.75) is 26.9 Å². The standard InChI is InChI=1S/C17H19N5O/c1-3-22-9-8-14(21-22)11-18-17(23)16-10-15(19-20-16)13-6-4-12(2)5-7-13/h4-10H,3,11H2,1-2H3,(H,18,23)(H,19,20). The van der Waals surface area contributed by atoms with Crippen molar-refractivity contribution >= 4 is 5.91 Å². The van der Waals surface area contributed by atoms with E-state index in [1.54, 1.807) is 6.07 Å². The molecule has 1 aromatic carbocycles. The lowest BCUT2D eigenvalue weighted by Crippen LogP contribution is -2.23. The summed E-state index contributed by atoms with van der Waals surface area (Å²) < 4.78 is 1.83. The van der Waals surface area contributed by atoms with Crippen LogP contribution in [0.2, 0.25) is 0 Å². The summed E-state index contributed by atoms with van der Waals surface area (Å²) in [4.78, 5) is 12.2. The molecular formula is C17H19N5O. The molecule has 0 saturated carbocycles. The van der Waals surface area contributed by atoms with Crippen LogP contribution < -0.4 is 5.32 Å². The first-order valence-electron chi connectivity index (χ1n) is 7.58. The fourth-order valence-electron chi connectivity index (χ4n) is 2.25. The molecule has 0 atom stereocenters. The van der Waals surface area contributed by atoms with Crippen LogP contribution in [0.15, 0.2) is 42.6 Å². The Morgan fingerprint density at radius 3 is 2.74 bits per heavy atom. The van der Waals surface area contributed by atoms with E-state index < -0.39 is 0 Å². The summed E-state index contributed by atoms with van der Waals surface area (Å²) in [5, 5.41) is 14.2. The number of H-pyrrole nitrogens is 1. The number of carbonyl (C=O) groups excluding carboxylic acids is 1. The van der Waals surface area contributed by atoms with Crippen molar-refractivity contribution in [2.24, 2.45) is 0 Å². The van der Waals surface area contributed by atoms with Crippen LogP contribution in [0.4, 0.5) is 0 Å². The lowest BCUT2D eigenvalue weighted by atomic mass is 10.1. The van der Waals surface area contributed by atoms with Gasteiger partial charge < -0.3 is 5.32 Å². The normalized spacial score (nSPS) is 10.7. The van der Waals surface area contributed by atoms with E-state index in [0.29, 0.717) is 12.2 Å². The molecule has 0 bridgehead atoms. The number of amides is 1. The van der Waals surface area contributed by atoms with Crippen LogP contribution in [0.25, 0.3) is 11.3 Å². The van der Waals surface area contributed by atoms with E-state index in [-0.39, 0.29) is 5.91 Å². The van der Waals surface area contributed by atoms with Crippen LogP contribution in [0.5, 0.6) is 0 Å². The van der Waals surface area contributed by atoms with Crippen molar-refractivity contribution in [2.75, 3.05) is 0 Å². The number of rotatable bonds is 5. The number of hydrogen-bond donors (Lipinski definition) is 2. The lowest BCUT2D eigenvalue weighted by Gasteiger charge is -2.00. The molecule has 23 heavy (non-hydrogen) atoms. The van der Waals surface area contributed by atoms with Crippen LogP contribution in [0.1, 0.15) is 28.7 Å². The van der Waals surface area contributed by atoms with Gasteiger partial charge in [-0.25, -0.2) is 0 Å². The minimum absolute atomic E-state index is 0.193. The van der Waals surface area contributed by atoms with Gasteiger partial charge in [0.05, 0.1) is 17.9 Å². The first-order chi connectivity index (χ1) is 11.2. The quantitative estimate of drug-likeness (QED) is 0.760. The van der Waals surface area contributed by atoms with Gasteiger partial charge in [-0.2, -0.15) is 10.2 Å². The van der Waals surface area contributed by atoms with E-state index in [1.807, 2.05) is 55.1 Å². The van der Waals surface area contributed by atoms with Gasteiger partial charge >= 0.3 is 0 Å². The predicted octanol–water partition coefficient (Wildman–Crippen LogP) is 2.53. The van der Waals surface area contributed by atoms with Crippen molar-refractivity contribution in [3.63, 3.8) is 0 Å². The maximum atomic E-state index is 12.2. The van der Waals surface area contributed by atoms with Crippen LogP contribution in [-0.4, -0.2) is 25.9 Å². The molecule has 118 valence electrons. The van der Waals surface area contributed by atoms with Crippen molar-refractivity contribution in [1.82, 2.24) is 25.3 Å². The van der Waals surface area contributed by atoms with Crippen molar-refractivity contribution in [3.8, 4) is 11.3 Å². The predicted molar refractivity (Wildman–Crippen MR) is 87.8 cm³/mol. The molecule has 0 unspecified atom stereocenters. The summed E-state index contributed by atoms with van der Waals surface area (Å²) in [6.07, 6.45) is 1.90. The van der Waals surface area contributed by atoms with Crippen molar-refractivity contribution in [1.29, 1.82) is 0 Å². The van der Waals surface area contributed by atoms with Crippen LogP contribution in [0.3, 0.4) is 0 Å². The second-order valence-electron chi connectivity index (χ2n) is 5.38. The lowest BCUT2D eigenvalue weighted by molar-refractivity contribution is 0.0945. The summed E-state index contributed by atoms with van der Waals surface area (Å²) >= 11 is 0. The van der Waals surface area contributed by atoms with E-state index in [0.717, 1.165) is 23.5 Å². The zero-order valence-electron chi connectivity index (χ0n) is 13.2. The first-order valence-corrected chi connectivity index (χ1v) is 7.58. The van der Waals surface area contributed by atoms with Crippen LogP contribution in [-0.2, 0) is 13.1 Å². The van der Waals surface area contributed by atoms with E-state index in [9.17, 15) is 4.79 Å². The molecule has 0 spiro atoms. The Hall–Kier alpha value is -2.89. The van der Waals surface area contributed by atoms with E-state index in [1.165, 1.54) is 5.56 Å². The number of nitrogens with one attached hydrogen (secondary N) is 2. The molecule has 0 radical (unpaired) electrons. The molecule has 2 heterocycles. The first kappa shape index (κ1) is 15.0. The number of aromatic amines is 1. The van der Waals surface area contributed by atoms with Crippen molar-refractivity contribution in [3.05, 3.63) is 59.5 Å². The summed E-state index contributed by atoms with van der Waals surface area (Å²) in [6.45, 7) is 5.26. The molecule has 3 aromatic rings. The Bertz CT molecular complexity index is 801. The van der Waals surface area contributed by atoms with Crippen LogP contribution >= 0.6 is 0 Å². The molecule has 0 aliphatic heterocycles. The average Bonchev–Trinajstić information content (AvgIpc) is 3.22. The summed E-state index contributed by atoms with van der Waals surface area (Å²) in [7, 11) is 0. The van der Waals surface area contributed by atoms with E-state index in [4.69, 9.17) is 0 Å². The number of hydrogen-bond acceptors (Lipinski definition) is 3. The second-order valence-corrected chi connectivity index (χ2v) is 5.38. The van der Waals surface area contributed by atoms with Gasteiger partial charge in [-0.3, -0.25) is 14.6 Å². The smallest absolute Gasteiger partial charge is 0.269 e. The van der Waals surface area contributed by atoms with Gasteiger partial charge in [-0.1, -0.05) is 29.8 Å². The maximum absolute atomic E-state index is 12.2. The molecular weight excluding hydrogens is 290 g/mol. The Kier molecular flexibility index (Phi) is 4.23. The largest absolute Gasteiger partial charge is 0.345 e. The highest BCUT2D eigenvalue weighted by atomic mass is 16.1. The molecule has 2 N–H and O–H groups in total. The fourth-order valence-corrected chi connectivity index (χ4v) is 2.25. The highest BCUT2D eigenvalue weighted by Gasteiger charge is 2.11. The number of benzene rings is 1. The molecule has 0 fully saturated rings. The van der Waals surface area contributed by atoms with Gasteiger partial charge in [0.1, 0.15) is 5.69 Å².